The number of benzene rings is 1. The molecule has 0 aliphatic carbocycles. The Balaban J connectivity index is 2.78. The van der Waals surface area contributed by atoms with E-state index < -0.39 is 0 Å². The number of aryl methyl sites for hydroxylation is 1. The standard InChI is InChI=1S/C13H19/c1-4-7-12-8-6-9-13(10-12)11(3)5-2/h6,8-9,11H,4-5,7H2,1-3H3. The Morgan fingerprint density at radius 1 is 1.31 bits per heavy atom. The molecule has 13 heavy (non-hydrogen) atoms. The summed E-state index contributed by atoms with van der Waals surface area (Å²) in [5.74, 6) is 0.650. The molecular formula is C13H19. The van der Waals surface area contributed by atoms with Gasteiger partial charge in [-0.25, -0.2) is 0 Å². The monoisotopic (exact) mass is 175 g/mol. The molecule has 0 aromatic heterocycles. The van der Waals surface area contributed by atoms with Crippen molar-refractivity contribution in [2.45, 2.75) is 46.0 Å². The lowest BCUT2D eigenvalue weighted by molar-refractivity contribution is 0.730. The molecule has 0 heteroatoms. The van der Waals surface area contributed by atoms with E-state index in [2.05, 4.69) is 45.0 Å². The summed E-state index contributed by atoms with van der Waals surface area (Å²) in [6.45, 7) is 6.70. The molecule has 0 bridgehead atoms. The van der Waals surface area contributed by atoms with Gasteiger partial charge in [0.2, 0.25) is 0 Å². The molecule has 0 N–H and O–H groups in total. The van der Waals surface area contributed by atoms with Crippen LogP contribution in [0.1, 0.15) is 50.7 Å². The number of hydrogen-bond acceptors (Lipinski definition) is 0. The Kier molecular flexibility index (Phi) is 4.01. The first kappa shape index (κ1) is 10.3. The minimum Gasteiger partial charge on any atom is -0.0651 e. The fourth-order valence-corrected chi connectivity index (χ4v) is 1.46. The molecule has 71 valence electrons. The Hall–Kier alpha value is -0.780. The molecule has 0 amide bonds. The van der Waals surface area contributed by atoms with Crippen LogP contribution in [0.25, 0.3) is 0 Å². The van der Waals surface area contributed by atoms with Gasteiger partial charge in [0.1, 0.15) is 0 Å². The molecular weight excluding hydrogens is 156 g/mol. The van der Waals surface area contributed by atoms with E-state index >= 15 is 0 Å². The molecule has 0 aliphatic rings. The van der Waals surface area contributed by atoms with Crippen molar-refractivity contribution in [1.82, 2.24) is 0 Å². The van der Waals surface area contributed by atoms with Gasteiger partial charge < -0.3 is 0 Å². The Bertz CT molecular complexity index is 250. The molecule has 1 rings (SSSR count). The van der Waals surface area contributed by atoms with E-state index in [-0.39, 0.29) is 0 Å². The van der Waals surface area contributed by atoms with Crippen molar-refractivity contribution in [3.63, 3.8) is 0 Å². The molecule has 0 aliphatic heterocycles. The molecule has 1 radical (unpaired) electrons. The van der Waals surface area contributed by atoms with Gasteiger partial charge >= 0.3 is 0 Å². The number of rotatable bonds is 4. The van der Waals surface area contributed by atoms with Crippen LogP contribution in [-0.4, -0.2) is 0 Å². The van der Waals surface area contributed by atoms with Crippen molar-refractivity contribution < 1.29 is 0 Å². The van der Waals surface area contributed by atoms with E-state index in [9.17, 15) is 0 Å². The molecule has 0 saturated carbocycles. The minimum atomic E-state index is 0.650. The van der Waals surface area contributed by atoms with Crippen molar-refractivity contribution in [3.8, 4) is 0 Å². The van der Waals surface area contributed by atoms with Gasteiger partial charge in [-0.3, -0.25) is 0 Å². The van der Waals surface area contributed by atoms with Crippen LogP contribution in [0, 0.1) is 6.07 Å². The van der Waals surface area contributed by atoms with E-state index in [1.165, 1.54) is 24.0 Å². The molecule has 1 unspecified atom stereocenters. The zero-order valence-electron chi connectivity index (χ0n) is 8.93. The molecule has 1 aromatic rings. The maximum Gasteiger partial charge on any atom is -0.0111 e. The molecule has 0 heterocycles. The lowest BCUT2D eigenvalue weighted by Crippen LogP contribution is -1.93. The van der Waals surface area contributed by atoms with Gasteiger partial charge in [-0.15, -0.1) is 0 Å². The largest absolute Gasteiger partial charge is 0.0651 e. The fraction of sp³-hybridized carbons (Fsp3) is 0.538. The summed E-state index contributed by atoms with van der Waals surface area (Å²) in [5, 5.41) is 0. The van der Waals surface area contributed by atoms with Crippen LogP contribution in [0.2, 0.25) is 0 Å². The average Bonchev–Trinajstić information content (AvgIpc) is 2.18. The predicted octanol–water partition coefficient (Wildman–Crippen LogP) is 3.95. The van der Waals surface area contributed by atoms with Gasteiger partial charge in [0.05, 0.1) is 0 Å². The van der Waals surface area contributed by atoms with E-state index in [1.54, 1.807) is 0 Å². The molecule has 1 atom stereocenters. The van der Waals surface area contributed by atoms with Crippen LogP contribution in [-0.2, 0) is 6.42 Å². The zero-order valence-corrected chi connectivity index (χ0v) is 8.93. The van der Waals surface area contributed by atoms with Gasteiger partial charge in [0, 0.05) is 0 Å². The quantitative estimate of drug-likeness (QED) is 0.650. The molecule has 0 nitrogen and oxygen atoms in total. The Labute approximate surface area is 82.0 Å². The van der Waals surface area contributed by atoms with E-state index in [1.807, 2.05) is 0 Å². The molecule has 0 fully saturated rings. The van der Waals surface area contributed by atoms with Gasteiger partial charge in [0.15, 0.2) is 0 Å². The topological polar surface area (TPSA) is 0 Å². The lowest BCUT2D eigenvalue weighted by Gasteiger charge is -2.09. The highest BCUT2D eigenvalue weighted by atomic mass is 14.1. The average molecular weight is 175 g/mol. The van der Waals surface area contributed by atoms with Crippen molar-refractivity contribution in [3.05, 3.63) is 35.4 Å². The van der Waals surface area contributed by atoms with Gasteiger partial charge in [0.25, 0.3) is 0 Å². The Morgan fingerprint density at radius 3 is 2.69 bits per heavy atom. The lowest BCUT2D eigenvalue weighted by atomic mass is 9.96. The molecule has 0 spiro atoms. The second kappa shape index (κ2) is 5.06. The van der Waals surface area contributed by atoms with Gasteiger partial charge in [-0.2, -0.15) is 0 Å². The predicted molar refractivity (Wildman–Crippen MR) is 58.0 cm³/mol. The molecule has 1 aromatic carbocycles. The summed E-state index contributed by atoms with van der Waals surface area (Å²) < 4.78 is 0. The summed E-state index contributed by atoms with van der Waals surface area (Å²) >= 11 is 0. The first-order valence-electron chi connectivity index (χ1n) is 5.29. The maximum atomic E-state index is 3.50. The van der Waals surface area contributed by atoms with Crippen LogP contribution >= 0.6 is 0 Å². The summed E-state index contributed by atoms with van der Waals surface area (Å²) in [6, 6.07) is 10.0. The SMILES string of the molecule is CCCc1[c]c(C(C)CC)ccc1. The van der Waals surface area contributed by atoms with E-state index in [0.29, 0.717) is 5.92 Å². The van der Waals surface area contributed by atoms with Crippen molar-refractivity contribution in [2.75, 3.05) is 0 Å². The van der Waals surface area contributed by atoms with Crippen LogP contribution < -0.4 is 0 Å². The van der Waals surface area contributed by atoms with Crippen molar-refractivity contribution in [1.29, 1.82) is 0 Å². The smallest absolute Gasteiger partial charge is 0.0111 e. The normalized spacial score (nSPS) is 12.8. The summed E-state index contributed by atoms with van der Waals surface area (Å²) in [7, 11) is 0. The van der Waals surface area contributed by atoms with E-state index in [0.717, 1.165) is 6.42 Å². The van der Waals surface area contributed by atoms with Crippen LogP contribution in [0.4, 0.5) is 0 Å². The van der Waals surface area contributed by atoms with Crippen molar-refractivity contribution in [2.24, 2.45) is 0 Å². The van der Waals surface area contributed by atoms with Crippen LogP contribution in [0.5, 0.6) is 0 Å². The fourth-order valence-electron chi connectivity index (χ4n) is 1.46. The third-order valence-corrected chi connectivity index (χ3v) is 2.54. The minimum absolute atomic E-state index is 0.650. The second-order valence-electron chi connectivity index (χ2n) is 3.69. The molecule has 0 saturated heterocycles. The Morgan fingerprint density at radius 2 is 2.08 bits per heavy atom. The second-order valence-corrected chi connectivity index (χ2v) is 3.69. The van der Waals surface area contributed by atoms with Gasteiger partial charge in [-0.05, 0) is 36.0 Å². The first-order chi connectivity index (χ1) is 6.27. The van der Waals surface area contributed by atoms with Crippen molar-refractivity contribution >= 4 is 0 Å². The van der Waals surface area contributed by atoms with Gasteiger partial charge in [-0.1, -0.05) is 45.4 Å². The third-order valence-electron chi connectivity index (χ3n) is 2.54. The van der Waals surface area contributed by atoms with Crippen LogP contribution in [0.15, 0.2) is 18.2 Å². The summed E-state index contributed by atoms with van der Waals surface area (Å²) in [5.41, 5.74) is 2.73. The highest BCUT2D eigenvalue weighted by Gasteiger charge is 2.03. The summed E-state index contributed by atoms with van der Waals surface area (Å²) in [4.78, 5) is 0. The highest BCUT2D eigenvalue weighted by Crippen LogP contribution is 2.19. The summed E-state index contributed by atoms with van der Waals surface area (Å²) in [6.07, 6.45) is 3.57. The zero-order chi connectivity index (χ0) is 9.68. The third kappa shape index (κ3) is 2.87. The maximum absolute atomic E-state index is 3.50. The van der Waals surface area contributed by atoms with Crippen LogP contribution in [0.3, 0.4) is 0 Å². The highest BCUT2D eigenvalue weighted by molar-refractivity contribution is 5.24. The van der Waals surface area contributed by atoms with E-state index in [4.69, 9.17) is 0 Å². The number of hydrogen-bond donors (Lipinski definition) is 0. The first-order valence-corrected chi connectivity index (χ1v) is 5.29.